The molecule has 0 aliphatic rings. The first kappa shape index (κ1) is 22.1. The summed E-state index contributed by atoms with van der Waals surface area (Å²) in [7, 11) is 0. The van der Waals surface area contributed by atoms with E-state index in [2.05, 4.69) is 19.1 Å². The molecule has 1 rings (SSSR count). The monoisotopic (exact) mass is 350 g/mol. The Morgan fingerprint density at radius 2 is 1.60 bits per heavy atom. The molecule has 3 nitrogen and oxygen atoms in total. The van der Waals surface area contributed by atoms with Crippen molar-refractivity contribution in [2.75, 3.05) is 0 Å². The van der Waals surface area contributed by atoms with E-state index in [1.54, 1.807) is 13.8 Å². The zero-order valence-electron chi connectivity index (χ0n) is 16.6. The summed E-state index contributed by atoms with van der Waals surface area (Å²) in [6.07, 6.45) is 9.52. The lowest BCUT2D eigenvalue weighted by Crippen LogP contribution is -2.30. The van der Waals surface area contributed by atoms with E-state index in [0.29, 0.717) is 0 Å². The second kappa shape index (κ2) is 11.7. The van der Waals surface area contributed by atoms with Crippen LogP contribution in [0.3, 0.4) is 0 Å². The summed E-state index contributed by atoms with van der Waals surface area (Å²) in [6.45, 7) is 7.62. The van der Waals surface area contributed by atoms with Gasteiger partial charge in [0.05, 0.1) is 12.2 Å². The van der Waals surface area contributed by atoms with Gasteiger partial charge in [-0.3, -0.25) is 0 Å². The fourth-order valence-electron chi connectivity index (χ4n) is 3.12. The molecule has 2 N–H and O–H groups in total. The molecule has 3 heteroatoms. The molecular weight excluding hydrogens is 312 g/mol. The lowest BCUT2D eigenvalue weighted by molar-refractivity contribution is -0.208. The number of aliphatic hydroxyl groups excluding tert-OH is 1. The van der Waals surface area contributed by atoms with Gasteiger partial charge >= 0.3 is 0 Å². The van der Waals surface area contributed by atoms with Crippen molar-refractivity contribution in [3.63, 3.8) is 0 Å². The van der Waals surface area contributed by atoms with E-state index in [4.69, 9.17) is 4.74 Å². The second-order valence-electron chi connectivity index (χ2n) is 7.59. The topological polar surface area (TPSA) is 49.7 Å². The Hall–Kier alpha value is -0.900. The Balaban J connectivity index is 2.50. The van der Waals surface area contributed by atoms with Gasteiger partial charge in [-0.1, -0.05) is 70.2 Å². The van der Waals surface area contributed by atoms with Crippen LogP contribution in [0.5, 0.6) is 0 Å². The Morgan fingerprint density at radius 3 is 2.16 bits per heavy atom. The van der Waals surface area contributed by atoms with E-state index < -0.39 is 5.79 Å². The number of aryl methyl sites for hydroxylation is 1. The average molecular weight is 351 g/mol. The van der Waals surface area contributed by atoms with Gasteiger partial charge in [0, 0.05) is 0 Å². The van der Waals surface area contributed by atoms with Crippen LogP contribution in [0.2, 0.25) is 0 Å². The molecule has 0 aliphatic heterocycles. The molecule has 1 aromatic carbocycles. The first-order chi connectivity index (χ1) is 11.9. The van der Waals surface area contributed by atoms with Crippen LogP contribution < -0.4 is 0 Å². The van der Waals surface area contributed by atoms with E-state index in [0.717, 1.165) is 37.7 Å². The molecule has 25 heavy (non-hydrogen) atoms. The van der Waals surface area contributed by atoms with Crippen LogP contribution in [0.15, 0.2) is 24.3 Å². The molecule has 144 valence electrons. The van der Waals surface area contributed by atoms with Crippen molar-refractivity contribution >= 4 is 0 Å². The summed E-state index contributed by atoms with van der Waals surface area (Å²) in [5.74, 6) is -1.08. The third-order valence-corrected chi connectivity index (χ3v) is 4.59. The van der Waals surface area contributed by atoms with E-state index in [1.165, 1.54) is 31.2 Å². The van der Waals surface area contributed by atoms with Crippen molar-refractivity contribution in [1.82, 2.24) is 0 Å². The van der Waals surface area contributed by atoms with Crippen molar-refractivity contribution in [3.8, 4) is 0 Å². The Bertz CT molecular complexity index is 447. The maximum absolute atomic E-state index is 10.0. The van der Waals surface area contributed by atoms with Crippen molar-refractivity contribution in [1.29, 1.82) is 0 Å². The molecule has 0 aromatic heterocycles. The van der Waals surface area contributed by atoms with Gasteiger partial charge in [0.25, 0.3) is 0 Å². The van der Waals surface area contributed by atoms with Gasteiger partial charge in [0.1, 0.15) is 0 Å². The molecule has 0 saturated carbocycles. The minimum Gasteiger partial charge on any atom is -0.388 e. The smallest absolute Gasteiger partial charge is 0.160 e. The summed E-state index contributed by atoms with van der Waals surface area (Å²) < 4.78 is 5.86. The molecule has 0 spiro atoms. The minimum atomic E-state index is -1.08. The largest absolute Gasteiger partial charge is 0.388 e. The molecule has 1 aromatic rings. The Labute approximate surface area is 154 Å². The standard InChI is InChI=1S/C22H38O3/c1-5-7-8-9-10-11-20(25-22(3,4)24)17-14-18-12-15-19(16-13-18)21(23)6-2/h12-13,15-16,20-21,23-24H,5-11,14,17H2,1-4H3/t20-,21?/m1/s1. The van der Waals surface area contributed by atoms with Crippen LogP contribution in [0.25, 0.3) is 0 Å². The van der Waals surface area contributed by atoms with E-state index >= 15 is 0 Å². The van der Waals surface area contributed by atoms with Crippen molar-refractivity contribution in [2.24, 2.45) is 0 Å². The van der Waals surface area contributed by atoms with Crippen molar-refractivity contribution < 1.29 is 14.9 Å². The molecular formula is C22H38O3. The van der Waals surface area contributed by atoms with Gasteiger partial charge in [0.2, 0.25) is 0 Å². The molecule has 0 heterocycles. The summed E-state index contributed by atoms with van der Waals surface area (Å²) >= 11 is 0. The van der Waals surface area contributed by atoms with Gasteiger partial charge < -0.3 is 14.9 Å². The maximum Gasteiger partial charge on any atom is 0.160 e. The third kappa shape index (κ3) is 9.98. The number of hydrogen-bond acceptors (Lipinski definition) is 3. The van der Waals surface area contributed by atoms with Gasteiger partial charge in [-0.05, 0) is 50.7 Å². The fourth-order valence-corrected chi connectivity index (χ4v) is 3.12. The van der Waals surface area contributed by atoms with Crippen LogP contribution >= 0.6 is 0 Å². The van der Waals surface area contributed by atoms with Crippen molar-refractivity contribution in [3.05, 3.63) is 35.4 Å². The second-order valence-corrected chi connectivity index (χ2v) is 7.59. The number of ether oxygens (including phenoxy) is 1. The highest BCUT2D eigenvalue weighted by molar-refractivity contribution is 5.24. The van der Waals surface area contributed by atoms with Gasteiger partial charge in [0.15, 0.2) is 5.79 Å². The highest BCUT2D eigenvalue weighted by Crippen LogP contribution is 2.21. The van der Waals surface area contributed by atoms with E-state index in [1.807, 2.05) is 19.1 Å². The normalized spacial score (nSPS) is 14.5. The molecule has 0 fully saturated rings. The van der Waals surface area contributed by atoms with Crippen LogP contribution in [-0.2, 0) is 11.2 Å². The minimum absolute atomic E-state index is 0.0857. The molecule has 0 amide bonds. The third-order valence-electron chi connectivity index (χ3n) is 4.59. The SMILES string of the molecule is CCCCCCC[C@H](CCc1ccc(C(O)CC)cc1)OC(C)(C)O. The first-order valence-corrected chi connectivity index (χ1v) is 10.0. The van der Waals surface area contributed by atoms with Crippen LogP contribution in [0.1, 0.15) is 96.3 Å². The van der Waals surface area contributed by atoms with Crippen LogP contribution in [0, 0.1) is 0 Å². The Kier molecular flexibility index (Phi) is 10.3. The van der Waals surface area contributed by atoms with Gasteiger partial charge in [-0.2, -0.15) is 0 Å². The first-order valence-electron chi connectivity index (χ1n) is 10.0. The van der Waals surface area contributed by atoms with E-state index in [9.17, 15) is 10.2 Å². The molecule has 0 radical (unpaired) electrons. The average Bonchev–Trinajstić information content (AvgIpc) is 2.57. The number of rotatable bonds is 13. The quantitative estimate of drug-likeness (QED) is 0.363. The van der Waals surface area contributed by atoms with Crippen molar-refractivity contribution in [2.45, 2.75) is 103 Å². The molecule has 0 aliphatic carbocycles. The zero-order valence-corrected chi connectivity index (χ0v) is 16.6. The maximum atomic E-state index is 10.0. The zero-order chi connectivity index (χ0) is 18.7. The predicted molar refractivity (Wildman–Crippen MR) is 105 cm³/mol. The van der Waals surface area contributed by atoms with E-state index in [-0.39, 0.29) is 12.2 Å². The molecule has 2 atom stereocenters. The predicted octanol–water partition coefficient (Wildman–Crippen LogP) is 5.54. The highest BCUT2D eigenvalue weighted by Gasteiger charge is 2.20. The summed E-state index contributed by atoms with van der Waals surface area (Å²) in [6, 6.07) is 8.22. The van der Waals surface area contributed by atoms with Crippen LogP contribution in [-0.4, -0.2) is 22.1 Å². The summed E-state index contributed by atoms with van der Waals surface area (Å²) in [4.78, 5) is 0. The summed E-state index contributed by atoms with van der Waals surface area (Å²) in [5.41, 5.74) is 2.23. The fraction of sp³-hybridized carbons (Fsp3) is 0.727. The molecule has 0 saturated heterocycles. The lowest BCUT2D eigenvalue weighted by atomic mass is 9.99. The number of aliphatic hydroxyl groups is 2. The number of unbranched alkanes of at least 4 members (excludes halogenated alkanes) is 4. The van der Waals surface area contributed by atoms with Gasteiger partial charge in [-0.15, -0.1) is 0 Å². The lowest BCUT2D eigenvalue weighted by Gasteiger charge is -2.26. The highest BCUT2D eigenvalue weighted by atomic mass is 16.6. The Morgan fingerprint density at radius 1 is 0.960 bits per heavy atom. The number of benzene rings is 1. The van der Waals surface area contributed by atoms with Gasteiger partial charge in [-0.25, -0.2) is 0 Å². The number of hydrogen-bond donors (Lipinski definition) is 2. The van der Waals surface area contributed by atoms with Crippen LogP contribution in [0.4, 0.5) is 0 Å². The summed E-state index contributed by atoms with van der Waals surface area (Å²) in [5, 5.41) is 19.9. The molecule has 0 bridgehead atoms. The molecule has 1 unspecified atom stereocenters.